The molecule has 0 saturated heterocycles. The van der Waals surface area contributed by atoms with E-state index in [1.807, 2.05) is 37.3 Å². The Kier molecular flexibility index (Phi) is 4.81. The van der Waals surface area contributed by atoms with E-state index in [2.05, 4.69) is 53.1 Å². The van der Waals surface area contributed by atoms with Gasteiger partial charge < -0.3 is 5.32 Å². The number of hydrogen-bond acceptors (Lipinski definition) is 1. The normalized spacial score (nSPS) is 10.3. The lowest BCUT2D eigenvalue weighted by Gasteiger charge is -2.09. The zero-order valence-electron chi connectivity index (χ0n) is 10.0. The Labute approximate surface area is 137 Å². The van der Waals surface area contributed by atoms with Crippen LogP contribution in [0.15, 0.2) is 49.8 Å². The summed E-state index contributed by atoms with van der Waals surface area (Å²) in [6.45, 7) is 1.98. The SMILES string of the molecule is Cc1ccc(C(=O)Nc2cc(Br)ccc2Br)c(Br)c1. The molecule has 0 aliphatic carbocycles. The molecule has 0 fully saturated rings. The molecule has 2 aromatic rings. The zero-order valence-corrected chi connectivity index (χ0v) is 14.8. The van der Waals surface area contributed by atoms with Crippen molar-refractivity contribution in [2.75, 3.05) is 5.32 Å². The average molecular weight is 448 g/mol. The van der Waals surface area contributed by atoms with Crippen LogP contribution in [0.3, 0.4) is 0 Å². The lowest BCUT2D eigenvalue weighted by atomic mass is 10.1. The molecule has 2 rings (SSSR count). The minimum absolute atomic E-state index is 0.148. The topological polar surface area (TPSA) is 29.1 Å². The van der Waals surface area contributed by atoms with Gasteiger partial charge >= 0.3 is 0 Å². The molecule has 0 radical (unpaired) electrons. The fourth-order valence-corrected chi connectivity index (χ4v) is 2.97. The molecule has 98 valence electrons. The molecule has 0 atom stereocenters. The first kappa shape index (κ1) is 14.8. The van der Waals surface area contributed by atoms with Crippen LogP contribution in [0.5, 0.6) is 0 Å². The predicted octanol–water partition coefficient (Wildman–Crippen LogP) is 5.53. The van der Waals surface area contributed by atoms with Gasteiger partial charge in [0.25, 0.3) is 5.91 Å². The number of rotatable bonds is 2. The highest BCUT2D eigenvalue weighted by Crippen LogP contribution is 2.27. The lowest BCUT2D eigenvalue weighted by molar-refractivity contribution is 0.102. The van der Waals surface area contributed by atoms with E-state index in [-0.39, 0.29) is 5.91 Å². The van der Waals surface area contributed by atoms with Crippen LogP contribution in [-0.4, -0.2) is 5.91 Å². The second kappa shape index (κ2) is 6.20. The molecular weight excluding hydrogens is 438 g/mol. The van der Waals surface area contributed by atoms with Crippen molar-refractivity contribution >= 4 is 59.4 Å². The fourth-order valence-electron chi connectivity index (χ4n) is 1.59. The fraction of sp³-hybridized carbons (Fsp3) is 0.0714. The van der Waals surface area contributed by atoms with Gasteiger partial charge in [-0.1, -0.05) is 22.0 Å². The zero-order chi connectivity index (χ0) is 14.0. The third kappa shape index (κ3) is 3.68. The standard InChI is InChI=1S/C14H10Br3NO/c1-8-2-4-10(12(17)6-8)14(19)18-13-7-9(15)3-5-11(13)16/h2-7H,1H3,(H,18,19). The number of nitrogens with one attached hydrogen (secondary N) is 1. The van der Waals surface area contributed by atoms with Gasteiger partial charge in [-0.3, -0.25) is 4.79 Å². The minimum atomic E-state index is -0.148. The van der Waals surface area contributed by atoms with E-state index < -0.39 is 0 Å². The molecule has 0 unspecified atom stereocenters. The molecule has 0 aliphatic heterocycles. The van der Waals surface area contributed by atoms with Crippen LogP contribution in [0, 0.1) is 6.92 Å². The third-order valence-corrected chi connectivity index (χ3v) is 4.39. The van der Waals surface area contributed by atoms with E-state index in [1.165, 1.54) is 0 Å². The van der Waals surface area contributed by atoms with Crippen molar-refractivity contribution in [1.29, 1.82) is 0 Å². The number of carbonyl (C=O) groups is 1. The number of aryl methyl sites for hydroxylation is 1. The van der Waals surface area contributed by atoms with Gasteiger partial charge in [0, 0.05) is 13.4 Å². The smallest absolute Gasteiger partial charge is 0.256 e. The summed E-state index contributed by atoms with van der Waals surface area (Å²) in [5, 5.41) is 2.88. The highest BCUT2D eigenvalue weighted by molar-refractivity contribution is 9.11. The summed E-state index contributed by atoms with van der Waals surface area (Å²) in [5.41, 5.74) is 2.44. The van der Waals surface area contributed by atoms with Gasteiger partial charge in [-0.15, -0.1) is 0 Å². The van der Waals surface area contributed by atoms with Crippen molar-refractivity contribution in [1.82, 2.24) is 0 Å². The average Bonchev–Trinajstić information content (AvgIpc) is 2.33. The van der Waals surface area contributed by atoms with E-state index in [0.29, 0.717) is 5.56 Å². The van der Waals surface area contributed by atoms with Crippen LogP contribution >= 0.6 is 47.8 Å². The summed E-state index contributed by atoms with van der Waals surface area (Å²) in [6, 6.07) is 11.3. The van der Waals surface area contributed by atoms with Crippen LogP contribution in [0.1, 0.15) is 15.9 Å². The number of carbonyl (C=O) groups excluding carboxylic acids is 1. The molecule has 0 heterocycles. The highest BCUT2D eigenvalue weighted by Gasteiger charge is 2.12. The Bertz CT molecular complexity index is 641. The number of benzene rings is 2. The van der Waals surface area contributed by atoms with Crippen molar-refractivity contribution < 1.29 is 4.79 Å². The molecule has 0 aliphatic rings. The maximum Gasteiger partial charge on any atom is 0.256 e. The van der Waals surface area contributed by atoms with Crippen molar-refractivity contribution in [2.24, 2.45) is 0 Å². The molecule has 0 aromatic heterocycles. The van der Waals surface area contributed by atoms with Gasteiger partial charge in [-0.2, -0.15) is 0 Å². The summed E-state index contributed by atoms with van der Waals surface area (Å²) in [4.78, 5) is 12.2. The van der Waals surface area contributed by atoms with Gasteiger partial charge in [0.1, 0.15) is 0 Å². The Hall–Kier alpha value is -0.650. The molecular formula is C14H10Br3NO. The second-order valence-corrected chi connectivity index (χ2v) is 6.69. The monoisotopic (exact) mass is 445 g/mol. The Morgan fingerprint density at radius 3 is 2.42 bits per heavy atom. The molecule has 2 nitrogen and oxygen atoms in total. The van der Waals surface area contributed by atoms with Crippen molar-refractivity contribution in [3.8, 4) is 0 Å². The highest BCUT2D eigenvalue weighted by atomic mass is 79.9. The number of hydrogen-bond donors (Lipinski definition) is 1. The summed E-state index contributed by atoms with van der Waals surface area (Å²) >= 11 is 10.2. The molecule has 5 heteroatoms. The maximum absolute atomic E-state index is 12.2. The molecule has 0 bridgehead atoms. The van der Waals surface area contributed by atoms with E-state index in [0.717, 1.165) is 24.7 Å². The van der Waals surface area contributed by atoms with Crippen molar-refractivity contribution in [3.05, 3.63) is 60.9 Å². The predicted molar refractivity (Wildman–Crippen MR) is 88.7 cm³/mol. The van der Waals surface area contributed by atoms with Crippen LogP contribution < -0.4 is 5.32 Å². The lowest BCUT2D eigenvalue weighted by Crippen LogP contribution is -2.13. The first-order chi connectivity index (χ1) is 8.97. The second-order valence-electron chi connectivity index (χ2n) is 4.06. The maximum atomic E-state index is 12.2. The van der Waals surface area contributed by atoms with Gasteiger partial charge in [0.2, 0.25) is 0 Å². The Morgan fingerprint density at radius 1 is 1.00 bits per heavy atom. The van der Waals surface area contributed by atoms with Crippen molar-refractivity contribution in [2.45, 2.75) is 6.92 Å². The van der Waals surface area contributed by atoms with Gasteiger partial charge in [-0.05, 0) is 74.7 Å². The largest absolute Gasteiger partial charge is 0.321 e. The third-order valence-electron chi connectivity index (χ3n) is 2.55. The van der Waals surface area contributed by atoms with E-state index in [1.54, 1.807) is 6.07 Å². The number of anilines is 1. The molecule has 19 heavy (non-hydrogen) atoms. The van der Waals surface area contributed by atoms with Gasteiger partial charge in [0.15, 0.2) is 0 Å². The summed E-state index contributed by atoms with van der Waals surface area (Å²) in [5.74, 6) is -0.148. The van der Waals surface area contributed by atoms with Gasteiger partial charge in [0.05, 0.1) is 11.3 Å². The molecule has 1 amide bonds. The first-order valence-electron chi connectivity index (χ1n) is 5.50. The van der Waals surface area contributed by atoms with Gasteiger partial charge in [-0.25, -0.2) is 0 Å². The molecule has 2 aromatic carbocycles. The molecule has 0 saturated carbocycles. The molecule has 1 N–H and O–H groups in total. The number of amides is 1. The Morgan fingerprint density at radius 2 is 1.74 bits per heavy atom. The summed E-state index contributed by atoms with van der Waals surface area (Å²) < 4.78 is 2.54. The summed E-state index contributed by atoms with van der Waals surface area (Å²) in [7, 11) is 0. The summed E-state index contributed by atoms with van der Waals surface area (Å²) in [6.07, 6.45) is 0. The van der Waals surface area contributed by atoms with Crippen LogP contribution in [0.2, 0.25) is 0 Å². The quantitative estimate of drug-likeness (QED) is 0.643. The van der Waals surface area contributed by atoms with E-state index in [4.69, 9.17) is 0 Å². The minimum Gasteiger partial charge on any atom is -0.321 e. The van der Waals surface area contributed by atoms with E-state index in [9.17, 15) is 4.79 Å². The van der Waals surface area contributed by atoms with Crippen LogP contribution in [0.25, 0.3) is 0 Å². The van der Waals surface area contributed by atoms with Crippen LogP contribution in [0.4, 0.5) is 5.69 Å². The first-order valence-corrected chi connectivity index (χ1v) is 7.88. The number of halogens is 3. The Balaban J connectivity index is 2.28. The van der Waals surface area contributed by atoms with E-state index >= 15 is 0 Å². The van der Waals surface area contributed by atoms with Crippen LogP contribution in [-0.2, 0) is 0 Å². The van der Waals surface area contributed by atoms with Crippen molar-refractivity contribution in [3.63, 3.8) is 0 Å². The molecule has 0 spiro atoms.